The van der Waals surface area contributed by atoms with Crippen LogP contribution in [0.2, 0.25) is 5.02 Å². The number of fused-ring (bicyclic) bond motifs is 1. The fourth-order valence-electron chi connectivity index (χ4n) is 4.38. The number of hydrogen-bond donors (Lipinski definition) is 1. The molecule has 1 amide bonds. The molecule has 3 aromatic rings. The first-order valence-electron chi connectivity index (χ1n) is 9.74. The number of carbonyl (C=O) groups is 1. The van der Waals surface area contributed by atoms with Gasteiger partial charge in [0.15, 0.2) is 0 Å². The van der Waals surface area contributed by atoms with Gasteiger partial charge in [0.1, 0.15) is 0 Å². The van der Waals surface area contributed by atoms with Gasteiger partial charge in [-0.15, -0.1) is 0 Å². The van der Waals surface area contributed by atoms with Crippen LogP contribution in [-0.2, 0) is 10.3 Å². The molecule has 29 heavy (non-hydrogen) atoms. The molecular formula is C24H24ClN3O. The number of aryl methyl sites for hydroxylation is 2. The number of rotatable bonds is 4. The molecule has 2 aromatic carbocycles. The number of amides is 1. The van der Waals surface area contributed by atoms with E-state index in [0.29, 0.717) is 18.1 Å². The zero-order chi connectivity index (χ0) is 20.6. The van der Waals surface area contributed by atoms with E-state index < -0.39 is 5.54 Å². The van der Waals surface area contributed by atoms with Gasteiger partial charge in [-0.3, -0.25) is 9.78 Å². The highest BCUT2D eigenvalue weighted by Gasteiger charge is 2.43. The lowest BCUT2D eigenvalue weighted by Crippen LogP contribution is -2.40. The number of likely N-dealkylation sites (tertiary alicyclic amines) is 1. The quantitative estimate of drug-likeness (QED) is 0.604. The number of halogens is 1. The lowest BCUT2D eigenvalue weighted by Gasteiger charge is -2.34. The zero-order valence-corrected chi connectivity index (χ0v) is 17.5. The van der Waals surface area contributed by atoms with Gasteiger partial charge in [0.25, 0.3) is 0 Å². The van der Waals surface area contributed by atoms with Gasteiger partial charge in [-0.25, -0.2) is 0 Å². The predicted molar refractivity (Wildman–Crippen MR) is 119 cm³/mol. The fourth-order valence-corrected chi connectivity index (χ4v) is 4.78. The van der Waals surface area contributed by atoms with E-state index >= 15 is 0 Å². The maximum absolute atomic E-state index is 12.3. The van der Waals surface area contributed by atoms with Crippen LogP contribution in [0.3, 0.4) is 0 Å². The van der Waals surface area contributed by atoms with Crippen molar-refractivity contribution in [2.24, 2.45) is 0 Å². The number of nitrogens with one attached hydrogen (secondary N) is 1. The average molecular weight is 406 g/mol. The highest BCUT2D eigenvalue weighted by Crippen LogP contribution is 2.41. The van der Waals surface area contributed by atoms with Gasteiger partial charge < -0.3 is 10.2 Å². The molecule has 0 aliphatic carbocycles. The molecule has 1 N–H and O–H groups in total. The SMILES string of the molecule is C=CC(=O)N1CC[C@](Nc2ccc3c(C)ccnc3c2)(c2c(C)cccc2Cl)C1. The summed E-state index contributed by atoms with van der Waals surface area (Å²) in [5, 5.41) is 5.56. The van der Waals surface area contributed by atoms with Crippen LogP contribution in [0.5, 0.6) is 0 Å². The minimum Gasteiger partial charge on any atom is -0.374 e. The summed E-state index contributed by atoms with van der Waals surface area (Å²) >= 11 is 6.67. The highest BCUT2D eigenvalue weighted by atomic mass is 35.5. The monoisotopic (exact) mass is 405 g/mol. The third-order valence-corrected chi connectivity index (χ3v) is 6.12. The van der Waals surface area contributed by atoms with E-state index in [0.717, 1.165) is 34.1 Å². The number of benzene rings is 2. The first-order chi connectivity index (χ1) is 13.9. The predicted octanol–water partition coefficient (Wildman–Crippen LogP) is 5.23. The Kier molecular flexibility index (Phi) is 5.05. The molecule has 0 bridgehead atoms. The van der Waals surface area contributed by atoms with Crippen molar-refractivity contribution in [1.82, 2.24) is 9.88 Å². The lowest BCUT2D eigenvalue weighted by molar-refractivity contribution is -0.125. The van der Waals surface area contributed by atoms with Gasteiger partial charge in [-0.2, -0.15) is 0 Å². The van der Waals surface area contributed by atoms with Crippen LogP contribution in [0.4, 0.5) is 5.69 Å². The Hall–Kier alpha value is -2.85. The van der Waals surface area contributed by atoms with Crippen molar-refractivity contribution in [3.8, 4) is 0 Å². The van der Waals surface area contributed by atoms with Crippen LogP contribution in [-0.4, -0.2) is 28.9 Å². The van der Waals surface area contributed by atoms with E-state index in [1.165, 1.54) is 11.6 Å². The second-order valence-corrected chi connectivity index (χ2v) is 8.12. The van der Waals surface area contributed by atoms with Gasteiger partial charge in [0, 0.05) is 40.9 Å². The fraction of sp³-hybridized carbons (Fsp3) is 0.250. The second kappa shape index (κ2) is 7.53. The standard InChI is InChI=1S/C24H24ClN3O/c1-4-22(29)28-13-11-24(15-28,23-17(3)6-5-7-20(23)25)27-18-8-9-19-16(2)10-12-26-21(19)14-18/h4-10,12,14,27H,1,11,13,15H2,2-3H3/t24-/m1/s1. The lowest BCUT2D eigenvalue weighted by atomic mass is 9.85. The summed E-state index contributed by atoms with van der Waals surface area (Å²) < 4.78 is 0. The van der Waals surface area contributed by atoms with Crippen LogP contribution in [0.1, 0.15) is 23.1 Å². The minimum absolute atomic E-state index is 0.0609. The van der Waals surface area contributed by atoms with E-state index in [2.05, 4.69) is 55.0 Å². The van der Waals surface area contributed by atoms with Gasteiger partial charge in [0.05, 0.1) is 11.1 Å². The first kappa shape index (κ1) is 19.5. The molecule has 148 valence electrons. The molecule has 0 radical (unpaired) electrons. The number of pyridine rings is 1. The Bertz CT molecular complexity index is 1090. The molecule has 1 fully saturated rings. The van der Waals surface area contributed by atoms with Crippen LogP contribution in [0, 0.1) is 13.8 Å². The summed E-state index contributed by atoms with van der Waals surface area (Å²) in [4.78, 5) is 18.7. The summed E-state index contributed by atoms with van der Waals surface area (Å²) in [6, 6.07) is 14.2. The summed E-state index contributed by atoms with van der Waals surface area (Å²) in [5.41, 5.74) is 4.77. The number of anilines is 1. The molecule has 1 saturated heterocycles. The van der Waals surface area contributed by atoms with Gasteiger partial charge in [-0.1, -0.05) is 36.4 Å². The molecule has 4 rings (SSSR count). The third-order valence-electron chi connectivity index (χ3n) is 5.80. The van der Waals surface area contributed by atoms with E-state index in [9.17, 15) is 4.79 Å². The summed E-state index contributed by atoms with van der Waals surface area (Å²) in [7, 11) is 0. The van der Waals surface area contributed by atoms with Crippen molar-refractivity contribution in [3.05, 3.63) is 83.0 Å². The van der Waals surface area contributed by atoms with Crippen molar-refractivity contribution >= 4 is 34.1 Å². The second-order valence-electron chi connectivity index (χ2n) is 7.71. The maximum Gasteiger partial charge on any atom is 0.246 e. The number of hydrogen-bond acceptors (Lipinski definition) is 3. The summed E-state index contributed by atoms with van der Waals surface area (Å²) in [6.07, 6.45) is 3.96. The van der Waals surface area contributed by atoms with Gasteiger partial charge in [0.2, 0.25) is 5.91 Å². The van der Waals surface area contributed by atoms with Crippen molar-refractivity contribution in [1.29, 1.82) is 0 Å². The average Bonchev–Trinajstić information content (AvgIpc) is 3.12. The Morgan fingerprint density at radius 3 is 2.83 bits per heavy atom. The van der Waals surface area contributed by atoms with Gasteiger partial charge >= 0.3 is 0 Å². The Labute approximate surface area is 176 Å². The van der Waals surface area contributed by atoms with Crippen molar-refractivity contribution in [2.75, 3.05) is 18.4 Å². The van der Waals surface area contributed by atoms with Crippen LogP contribution in [0.15, 0.2) is 61.3 Å². The van der Waals surface area contributed by atoms with Crippen molar-refractivity contribution in [2.45, 2.75) is 25.8 Å². The van der Waals surface area contributed by atoms with Crippen molar-refractivity contribution in [3.63, 3.8) is 0 Å². The van der Waals surface area contributed by atoms with Crippen molar-refractivity contribution < 1.29 is 4.79 Å². The molecule has 2 heterocycles. The molecule has 0 unspecified atom stereocenters. The molecule has 1 aromatic heterocycles. The first-order valence-corrected chi connectivity index (χ1v) is 10.1. The van der Waals surface area contributed by atoms with Crippen LogP contribution < -0.4 is 5.32 Å². The highest BCUT2D eigenvalue weighted by molar-refractivity contribution is 6.31. The Morgan fingerprint density at radius 1 is 1.24 bits per heavy atom. The van der Waals surface area contributed by atoms with E-state index in [1.54, 1.807) is 0 Å². The smallest absolute Gasteiger partial charge is 0.246 e. The topological polar surface area (TPSA) is 45.2 Å². The van der Waals surface area contributed by atoms with E-state index in [1.807, 2.05) is 29.3 Å². The molecule has 1 aliphatic heterocycles. The maximum atomic E-state index is 12.3. The largest absolute Gasteiger partial charge is 0.374 e. The van der Waals surface area contributed by atoms with E-state index in [4.69, 9.17) is 11.6 Å². The molecule has 0 spiro atoms. The normalized spacial score (nSPS) is 18.8. The van der Waals surface area contributed by atoms with Gasteiger partial charge in [-0.05, 0) is 61.7 Å². The molecule has 0 saturated carbocycles. The number of nitrogens with zero attached hydrogens (tertiary/aromatic N) is 2. The molecule has 5 heteroatoms. The number of carbonyl (C=O) groups excluding carboxylic acids is 1. The Balaban J connectivity index is 1.80. The zero-order valence-electron chi connectivity index (χ0n) is 16.7. The summed E-state index contributed by atoms with van der Waals surface area (Å²) in [5.74, 6) is -0.0609. The third kappa shape index (κ3) is 3.49. The molecule has 1 atom stereocenters. The molecule has 4 nitrogen and oxygen atoms in total. The number of aromatic nitrogens is 1. The van der Waals surface area contributed by atoms with Crippen LogP contribution in [0.25, 0.3) is 10.9 Å². The Morgan fingerprint density at radius 2 is 2.07 bits per heavy atom. The summed E-state index contributed by atoms with van der Waals surface area (Å²) in [6.45, 7) is 8.97. The molecular weight excluding hydrogens is 382 g/mol. The van der Waals surface area contributed by atoms with E-state index in [-0.39, 0.29) is 5.91 Å². The van der Waals surface area contributed by atoms with Crippen LogP contribution >= 0.6 is 11.6 Å². The molecule has 1 aliphatic rings. The minimum atomic E-state index is -0.474.